The predicted molar refractivity (Wildman–Crippen MR) is 14.3 cm³/mol. The Hall–Kier alpha value is -0.0505. The van der Waals surface area contributed by atoms with Crippen LogP contribution in [0.2, 0.25) is 0 Å². The van der Waals surface area contributed by atoms with Crippen molar-refractivity contribution < 1.29 is 32.4 Å². The third kappa shape index (κ3) is 13500. The monoisotopic (exact) mass is 140 g/mol. The van der Waals surface area contributed by atoms with Gasteiger partial charge in [-0.3, -0.25) is 0 Å². The Morgan fingerprint density at radius 1 is 1.67 bits per heavy atom. The van der Waals surface area contributed by atoms with E-state index in [0.29, 0.717) is 0 Å². The largest absolute Gasteiger partial charge is 2.00 e. The fourth-order valence-electron chi connectivity index (χ4n) is 0. The molecule has 0 fully saturated rings. The molecule has 0 aliphatic heterocycles. The van der Waals surface area contributed by atoms with Gasteiger partial charge in [0, 0.05) is 5.97 Å². The van der Waals surface area contributed by atoms with Crippen LogP contribution in [-0.2, 0) is 21.9 Å². The molecule has 0 aliphatic rings. The van der Waals surface area contributed by atoms with Crippen LogP contribution in [-0.4, -0.2) is 11.4 Å². The van der Waals surface area contributed by atoms with Gasteiger partial charge in [-0.05, 0) is 6.92 Å². The first-order valence-corrected chi connectivity index (χ1v) is 0.908. The van der Waals surface area contributed by atoms with Crippen molar-refractivity contribution in [2.24, 2.45) is 0 Å². The van der Waals surface area contributed by atoms with Crippen molar-refractivity contribution >= 4 is 5.97 Å². The summed E-state index contributed by atoms with van der Waals surface area (Å²) in [4.78, 5) is 8.89. The Balaban J connectivity index is -0.0000000450. The number of carboxylic acid groups (broad SMARTS) is 1. The summed E-state index contributed by atoms with van der Waals surface area (Å²) in [6, 6.07) is 0. The van der Waals surface area contributed by atoms with E-state index < -0.39 is 5.97 Å². The Bertz CT molecular complexity index is 31.8. The SMILES string of the molecule is CC(=O)[O-].O.[Cu+2]. The van der Waals surface area contributed by atoms with Gasteiger partial charge in [-0.2, -0.15) is 0 Å². The Morgan fingerprint density at radius 2 is 1.67 bits per heavy atom. The van der Waals surface area contributed by atoms with E-state index >= 15 is 0 Å². The van der Waals surface area contributed by atoms with Crippen LogP contribution in [0.3, 0.4) is 0 Å². The Morgan fingerprint density at radius 3 is 1.67 bits per heavy atom. The third-order valence-corrected chi connectivity index (χ3v) is 0. The molecule has 0 spiro atoms. The normalized spacial score (nSPS) is 4.17. The zero-order chi connectivity index (χ0) is 3.58. The molecule has 0 bridgehead atoms. The van der Waals surface area contributed by atoms with E-state index in [2.05, 4.69) is 0 Å². The Labute approximate surface area is 46.1 Å². The second kappa shape index (κ2) is 8.87. The van der Waals surface area contributed by atoms with E-state index in [4.69, 9.17) is 9.90 Å². The summed E-state index contributed by atoms with van der Waals surface area (Å²) >= 11 is 0. The molecule has 0 saturated carbocycles. The quantitative estimate of drug-likeness (QED) is 0.363. The summed E-state index contributed by atoms with van der Waals surface area (Å²) < 4.78 is 0. The fourth-order valence-corrected chi connectivity index (χ4v) is 0. The maximum Gasteiger partial charge on any atom is 2.00 e. The minimum atomic E-state index is -1.08. The topological polar surface area (TPSA) is 71.6 Å². The average Bonchev–Trinajstić information content (AvgIpc) is 0.811. The van der Waals surface area contributed by atoms with Crippen LogP contribution in [0.5, 0.6) is 0 Å². The maximum absolute atomic E-state index is 8.89. The van der Waals surface area contributed by atoms with E-state index in [9.17, 15) is 0 Å². The zero-order valence-corrected chi connectivity index (χ0v) is 4.06. The molecule has 0 aromatic carbocycles. The molecule has 0 unspecified atom stereocenters. The number of aliphatic carboxylic acids is 1. The van der Waals surface area contributed by atoms with Crippen LogP contribution in [0.25, 0.3) is 0 Å². The minimum Gasteiger partial charge on any atom is -0.550 e. The van der Waals surface area contributed by atoms with E-state index in [-0.39, 0.29) is 22.5 Å². The molecule has 4 heteroatoms. The molecular formula is C2H5CuO3+. The Kier molecular flexibility index (Phi) is 24.8. The van der Waals surface area contributed by atoms with Gasteiger partial charge in [0.15, 0.2) is 0 Å². The molecule has 0 atom stereocenters. The number of carbonyl (C=O) groups is 1. The van der Waals surface area contributed by atoms with Gasteiger partial charge in [-0.25, -0.2) is 0 Å². The average molecular weight is 141 g/mol. The van der Waals surface area contributed by atoms with Gasteiger partial charge in [-0.15, -0.1) is 0 Å². The van der Waals surface area contributed by atoms with Crippen LogP contribution in [0.1, 0.15) is 6.92 Å². The zero-order valence-electron chi connectivity index (χ0n) is 3.12. The molecule has 0 heterocycles. The van der Waals surface area contributed by atoms with E-state index in [1.54, 1.807) is 0 Å². The van der Waals surface area contributed by atoms with Crippen LogP contribution in [0.15, 0.2) is 0 Å². The minimum absolute atomic E-state index is 0. The molecule has 2 N–H and O–H groups in total. The third-order valence-electron chi connectivity index (χ3n) is 0. The van der Waals surface area contributed by atoms with Gasteiger partial charge in [0.25, 0.3) is 0 Å². The van der Waals surface area contributed by atoms with Crippen molar-refractivity contribution in [3.05, 3.63) is 0 Å². The molecule has 6 heavy (non-hydrogen) atoms. The molecule has 0 aliphatic carbocycles. The number of hydrogen-bond donors (Lipinski definition) is 0. The maximum atomic E-state index is 8.89. The van der Waals surface area contributed by atoms with Gasteiger partial charge in [0.1, 0.15) is 0 Å². The molecule has 0 aromatic heterocycles. The molecule has 0 rings (SSSR count). The van der Waals surface area contributed by atoms with Crippen molar-refractivity contribution in [1.82, 2.24) is 0 Å². The molecule has 3 nitrogen and oxygen atoms in total. The van der Waals surface area contributed by atoms with Crippen LogP contribution in [0.4, 0.5) is 0 Å². The van der Waals surface area contributed by atoms with Crippen LogP contribution in [0, 0.1) is 0 Å². The van der Waals surface area contributed by atoms with Crippen molar-refractivity contribution in [1.29, 1.82) is 0 Å². The van der Waals surface area contributed by atoms with Gasteiger partial charge in [-0.1, -0.05) is 0 Å². The molecule has 0 aromatic rings. The van der Waals surface area contributed by atoms with Crippen molar-refractivity contribution in [2.45, 2.75) is 6.92 Å². The van der Waals surface area contributed by atoms with E-state index in [0.717, 1.165) is 6.92 Å². The summed E-state index contributed by atoms with van der Waals surface area (Å²) in [5.41, 5.74) is 0. The van der Waals surface area contributed by atoms with Crippen molar-refractivity contribution in [2.75, 3.05) is 0 Å². The summed E-state index contributed by atoms with van der Waals surface area (Å²) in [5.74, 6) is -1.08. The van der Waals surface area contributed by atoms with Gasteiger partial charge in [0.05, 0.1) is 0 Å². The molecule has 0 amide bonds. The van der Waals surface area contributed by atoms with Crippen molar-refractivity contribution in [3.8, 4) is 0 Å². The number of carbonyl (C=O) groups excluding carboxylic acids is 1. The van der Waals surface area contributed by atoms with Crippen LogP contribution < -0.4 is 5.11 Å². The summed E-state index contributed by atoms with van der Waals surface area (Å²) in [6.45, 7) is 0.972. The number of rotatable bonds is 0. The first-order valence-electron chi connectivity index (χ1n) is 0.908. The van der Waals surface area contributed by atoms with Gasteiger partial charge >= 0.3 is 17.1 Å². The second-order valence-corrected chi connectivity index (χ2v) is 0.492. The molecular weight excluding hydrogens is 136 g/mol. The standard InChI is InChI=1S/C2H4O2.Cu.H2O/c1-2(3)4;;/h1H3,(H,3,4);;1H2/q;+2;/p-1. The van der Waals surface area contributed by atoms with E-state index in [1.165, 1.54) is 0 Å². The molecule has 41 valence electrons. The molecule has 0 saturated heterocycles. The van der Waals surface area contributed by atoms with Gasteiger partial charge < -0.3 is 15.4 Å². The fraction of sp³-hybridized carbons (Fsp3) is 0.500. The van der Waals surface area contributed by atoms with E-state index in [1.807, 2.05) is 0 Å². The number of carboxylic acids is 1. The predicted octanol–water partition coefficient (Wildman–Crippen LogP) is -2.07. The van der Waals surface area contributed by atoms with Crippen molar-refractivity contribution in [3.63, 3.8) is 0 Å². The van der Waals surface area contributed by atoms with Gasteiger partial charge in [0.2, 0.25) is 0 Å². The molecule has 1 radical (unpaired) electrons. The summed E-state index contributed by atoms with van der Waals surface area (Å²) in [7, 11) is 0. The summed E-state index contributed by atoms with van der Waals surface area (Å²) in [5, 5.41) is 8.89. The first-order chi connectivity index (χ1) is 1.73. The first kappa shape index (κ1) is 16.8. The smallest absolute Gasteiger partial charge is 0.550 e. The summed E-state index contributed by atoms with van der Waals surface area (Å²) in [6.07, 6.45) is 0. The second-order valence-electron chi connectivity index (χ2n) is 0.492. The van der Waals surface area contributed by atoms with Crippen LogP contribution >= 0.6 is 0 Å². The number of hydrogen-bond acceptors (Lipinski definition) is 2.